The SMILES string of the molecule is COC(=O)c1ccc(N=Nc2ccc(OCCCCCCCl)cc2)cc1.O=C(O)c1ccc(N=Nc2ccc(OCCCCCCCl)cc2)cc1. The number of ether oxygens (including phenoxy) is 3. The van der Waals surface area contributed by atoms with Crippen LogP contribution in [0.15, 0.2) is 118 Å². The fourth-order valence-electron chi connectivity index (χ4n) is 4.38. The van der Waals surface area contributed by atoms with Gasteiger partial charge < -0.3 is 19.3 Å². The molecule has 0 atom stereocenters. The quantitative estimate of drug-likeness (QED) is 0.0416. The van der Waals surface area contributed by atoms with Gasteiger partial charge in [0.25, 0.3) is 0 Å². The van der Waals surface area contributed by atoms with E-state index in [9.17, 15) is 9.59 Å². The van der Waals surface area contributed by atoms with E-state index in [1.54, 1.807) is 36.4 Å². The number of carboxylic acids is 1. The number of carbonyl (C=O) groups excluding carboxylic acids is 1. The molecule has 0 radical (unpaired) electrons. The summed E-state index contributed by atoms with van der Waals surface area (Å²) in [6, 6.07) is 27.9. The summed E-state index contributed by atoms with van der Waals surface area (Å²) in [5.41, 5.74) is 3.41. The third-order valence-corrected chi connectivity index (χ3v) is 7.77. The first-order valence-corrected chi connectivity index (χ1v) is 17.9. The number of benzene rings is 4. The second-order valence-electron chi connectivity index (χ2n) is 11.2. The Hall–Kier alpha value is -4.80. The van der Waals surface area contributed by atoms with Crippen molar-refractivity contribution in [1.82, 2.24) is 0 Å². The van der Waals surface area contributed by atoms with Crippen molar-refractivity contribution in [2.45, 2.75) is 51.4 Å². The lowest BCUT2D eigenvalue weighted by molar-refractivity contribution is 0.0599. The van der Waals surface area contributed by atoms with Gasteiger partial charge in [0, 0.05) is 11.8 Å². The van der Waals surface area contributed by atoms with Gasteiger partial charge in [0.05, 0.1) is 54.2 Å². The van der Waals surface area contributed by atoms with Crippen LogP contribution in [0.2, 0.25) is 0 Å². The first-order valence-electron chi connectivity index (χ1n) is 16.8. The number of unbranched alkanes of at least 4 members (excludes halogenated alkanes) is 6. The summed E-state index contributed by atoms with van der Waals surface area (Å²) < 4.78 is 16.0. The highest BCUT2D eigenvalue weighted by molar-refractivity contribution is 6.18. The molecule has 4 rings (SSSR count). The number of methoxy groups -OCH3 is 1. The van der Waals surface area contributed by atoms with Crippen molar-refractivity contribution in [1.29, 1.82) is 0 Å². The Morgan fingerprint density at radius 2 is 0.843 bits per heavy atom. The molecule has 51 heavy (non-hydrogen) atoms. The van der Waals surface area contributed by atoms with Crippen LogP contribution in [0.5, 0.6) is 11.5 Å². The van der Waals surface area contributed by atoms with E-state index in [4.69, 9.17) is 37.8 Å². The lowest BCUT2D eigenvalue weighted by atomic mass is 10.2. The third-order valence-electron chi connectivity index (χ3n) is 7.23. The van der Waals surface area contributed by atoms with Crippen molar-refractivity contribution < 1.29 is 28.9 Å². The van der Waals surface area contributed by atoms with Gasteiger partial charge in [-0.05, 0) is 123 Å². The van der Waals surface area contributed by atoms with Crippen LogP contribution in [-0.2, 0) is 4.74 Å². The first kappa shape index (κ1) is 40.6. The molecule has 0 saturated heterocycles. The molecule has 270 valence electrons. The molecule has 0 fully saturated rings. The zero-order valence-electron chi connectivity index (χ0n) is 28.8. The fraction of sp³-hybridized carbons (Fsp3) is 0.333. The van der Waals surface area contributed by atoms with Gasteiger partial charge in [-0.3, -0.25) is 0 Å². The lowest BCUT2D eigenvalue weighted by Gasteiger charge is -2.05. The summed E-state index contributed by atoms with van der Waals surface area (Å²) in [5.74, 6) is 1.75. The predicted molar refractivity (Wildman–Crippen MR) is 202 cm³/mol. The number of azo groups is 2. The van der Waals surface area contributed by atoms with Crippen LogP contribution < -0.4 is 9.47 Å². The highest BCUT2D eigenvalue weighted by Crippen LogP contribution is 2.23. The Labute approximate surface area is 309 Å². The van der Waals surface area contributed by atoms with E-state index in [0.29, 0.717) is 35.8 Å². The van der Waals surface area contributed by atoms with E-state index in [1.807, 2.05) is 48.5 Å². The molecular formula is C39H44Cl2N4O6. The van der Waals surface area contributed by atoms with Crippen molar-refractivity contribution in [2.75, 3.05) is 32.1 Å². The number of carbonyl (C=O) groups is 2. The molecule has 4 aromatic rings. The number of hydrogen-bond acceptors (Lipinski definition) is 9. The Morgan fingerprint density at radius 3 is 1.18 bits per heavy atom. The van der Waals surface area contributed by atoms with E-state index in [1.165, 1.54) is 19.2 Å². The number of nitrogens with zero attached hydrogens (tertiary/aromatic N) is 4. The van der Waals surface area contributed by atoms with Gasteiger partial charge in [0.2, 0.25) is 0 Å². The van der Waals surface area contributed by atoms with Crippen LogP contribution in [0.3, 0.4) is 0 Å². The summed E-state index contributed by atoms with van der Waals surface area (Å²) in [4.78, 5) is 22.2. The standard InChI is InChI=1S/C20H23ClN2O3.C19H21ClN2O3/c1-25-20(24)16-6-8-17(9-7-16)22-23-18-10-12-19(13-11-18)26-15-5-3-2-4-14-21;20-13-3-1-2-4-14-25-18-11-9-17(10-12-18)22-21-16-7-5-15(6-8-16)19(23)24/h6-13H,2-5,14-15H2,1H3;5-12H,1-4,13-14H2,(H,23,24). The Kier molecular flexibility index (Phi) is 19.4. The van der Waals surface area contributed by atoms with E-state index in [-0.39, 0.29) is 11.5 Å². The monoisotopic (exact) mass is 734 g/mol. The van der Waals surface area contributed by atoms with E-state index in [0.717, 1.165) is 80.3 Å². The molecule has 0 saturated carbocycles. The molecule has 0 aliphatic carbocycles. The summed E-state index contributed by atoms with van der Waals surface area (Å²) >= 11 is 11.3. The van der Waals surface area contributed by atoms with Crippen molar-refractivity contribution in [2.24, 2.45) is 20.5 Å². The zero-order valence-corrected chi connectivity index (χ0v) is 30.3. The molecule has 0 aliphatic rings. The van der Waals surface area contributed by atoms with Crippen LogP contribution in [0, 0.1) is 0 Å². The van der Waals surface area contributed by atoms with Crippen LogP contribution >= 0.6 is 23.2 Å². The molecule has 0 bridgehead atoms. The third kappa shape index (κ3) is 16.6. The Bertz CT molecular complexity index is 1630. The van der Waals surface area contributed by atoms with Crippen LogP contribution in [0.1, 0.15) is 72.1 Å². The fourth-order valence-corrected chi connectivity index (χ4v) is 4.76. The van der Waals surface area contributed by atoms with Gasteiger partial charge in [-0.2, -0.15) is 20.5 Å². The average molecular weight is 736 g/mol. The maximum absolute atomic E-state index is 11.4. The molecule has 0 unspecified atom stereocenters. The summed E-state index contributed by atoms with van der Waals surface area (Å²) in [6.45, 7) is 1.40. The molecule has 4 aromatic carbocycles. The predicted octanol–water partition coefficient (Wildman–Crippen LogP) is 12.0. The van der Waals surface area contributed by atoms with Crippen molar-refractivity contribution in [3.8, 4) is 11.5 Å². The van der Waals surface area contributed by atoms with E-state index < -0.39 is 5.97 Å². The van der Waals surface area contributed by atoms with Crippen LogP contribution in [0.4, 0.5) is 22.7 Å². The summed E-state index contributed by atoms with van der Waals surface area (Å²) in [6.07, 6.45) is 8.71. The minimum atomic E-state index is -0.960. The number of aromatic carboxylic acids is 1. The van der Waals surface area contributed by atoms with Gasteiger partial charge >= 0.3 is 11.9 Å². The van der Waals surface area contributed by atoms with Crippen LogP contribution in [0.25, 0.3) is 0 Å². The first-order chi connectivity index (χ1) is 24.9. The number of hydrogen-bond donors (Lipinski definition) is 1. The average Bonchev–Trinajstić information content (AvgIpc) is 3.17. The maximum atomic E-state index is 11.4. The van der Waals surface area contributed by atoms with Crippen LogP contribution in [-0.4, -0.2) is 49.1 Å². The Morgan fingerprint density at radius 1 is 0.510 bits per heavy atom. The largest absolute Gasteiger partial charge is 0.494 e. The van der Waals surface area contributed by atoms with Gasteiger partial charge in [-0.1, -0.05) is 25.7 Å². The Balaban J connectivity index is 0.000000276. The molecule has 0 heterocycles. The van der Waals surface area contributed by atoms with Gasteiger partial charge in [0.1, 0.15) is 11.5 Å². The molecule has 0 spiro atoms. The number of halogens is 2. The van der Waals surface area contributed by atoms with E-state index >= 15 is 0 Å². The number of alkyl halides is 2. The number of esters is 1. The van der Waals surface area contributed by atoms with Crippen molar-refractivity contribution >= 4 is 57.9 Å². The molecule has 1 N–H and O–H groups in total. The molecular weight excluding hydrogens is 691 g/mol. The molecule has 12 heteroatoms. The summed E-state index contributed by atoms with van der Waals surface area (Å²) in [7, 11) is 1.35. The van der Waals surface area contributed by atoms with Gasteiger partial charge in [-0.25, -0.2) is 9.59 Å². The minimum absolute atomic E-state index is 0.225. The zero-order chi connectivity index (χ0) is 36.5. The maximum Gasteiger partial charge on any atom is 0.337 e. The van der Waals surface area contributed by atoms with Crippen molar-refractivity contribution in [3.63, 3.8) is 0 Å². The highest BCUT2D eigenvalue weighted by Gasteiger charge is 2.04. The second-order valence-corrected chi connectivity index (χ2v) is 11.9. The normalized spacial score (nSPS) is 10.9. The summed E-state index contributed by atoms with van der Waals surface area (Å²) in [5, 5.41) is 25.4. The van der Waals surface area contributed by atoms with E-state index in [2.05, 4.69) is 25.2 Å². The number of carboxylic acid groups (broad SMARTS) is 1. The van der Waals surface area contributed by atoms with Gasteiger partial charge in [-0.15, -0.1) is 23.2 Å². The van der Waals surface area contributed by atoms with Crippen molar-refractivity contribution in [3.05, 3.63) is 108 Å². The molecule has 0 aromatic heterocycles. The molecule has 0 aliphatic heterocycles. The highest BCUT2D eigenvalue weighted by atomic mass is 35.5. The topological polar surface area (TPSA) is 132 Å². The molecule has 10 nitrogen and oxygen atoms in total. The second kappa shape index (κ2) is 24.4. The minimum Gasteiger partial charge on any atom is -0.494 e. The number of rotatable bonds is 20. The van der Waals surface area contributed by atoms with Gasteiger partial charge in [0.15, 0.2) is 0 Å². The smallest absolute Gasteiger partial charge is 0.337 e. The lowest BCUT2D eigenvalue weighted by Crippen LogP contribution is -1.99. The molecule has 0 amide bonds.